The Bertz CT molecular complexity index is 683. The highest BCUT2D eigenvalue weighted by molar-refractivity contribution is 5.78. The fraction of sp³-hybridized carbons (Fsp3) is 0.412. The third-order valence-corrected chi connectivity index (χ3v) is 4.17. The smallest absolute Gasteiger partial charge is 0.227 e. The predicted octanol–water partition coefficient (Wildman–Crippen LogP) is 2.37. The van der Waals surface area contributed by atoms with Crippen LogP contribution in [-0.4, -0.2) is 39.6 Å². The predicted molar refractivity (Wildman–Crippen MR) is 83.0 cm³/mol. The lowest BCUT2D eigenvalue weighted by atomic mass is 10.1. The van der Waals surface area contributed by atoms with Crippen LogP contribution >= 0.6 is 0 Å². The van der Waals surface area contributed by atoms with E-state index >= 15 is 0 Å². The van der Waals surface area contributed by atoms with Gasteiger partial charge >= 0.3 is 0 Å². The number of piperidine rings is 1. The van der Waals surface area contributed by atoms with E-state index in [1.807, 2.05) is 10.8 Å². The lowest BCUT2D eigenvalue weighted by molar-refractivity contribution is -0.133. The SMILES string of the molecule is O=C(Cc1ccc(F)cc1F)N1CCC(OCn2ccnc2)CC1. The minimum Gasteiger partial charge on any atom is -0.357 e. The summed E-state index contributed by atoms with van der Waals surface area (Å²) in [6, 6.07) is 3.30. The maximum absolute atomic E-state index is 13.6. The molecule has 7 heteroatoms. The molecule has 24 heavy (non-hydrogen) atoms. The Labute approximate surface area is 138 Å². The summed E-state index contributed by atoms with van der Waals surface area (Å²) in [7, 11) is 0. The molecule has 0 aliphatic carbocycles. The van der Waals surface area contributed by atoms with E-state index in [0.29, 0.717) is 19.8 Å². The van der Waals surface area contributed by atoms with E-state index in [4.69, 9.17) is 4.74 Å². The standard InChI is InChI=1S/C17H19F2N3O2/c18-14-2-1-13(16(19)10-14)9-17(23)22-6-3-15(4-7-22)24-12-21-8-5-20-11-21/h1-2,5,8,10-11,15H,3-4,6-7,9,12H2. The molecule has 0 radical (unpaired) electrons. The summed E-state index contributed by atoms with van der Waals surface area (Å²) in [5.41, 5.74) is 0.222. The molecule has 1 amide bonds. The van der Waals surface area contributed by atoms with E-state index in [1.54, 1.807) is 17.4 Å². The highest BCUT2D eigenvalue weighted by Gasteiger charge is 2.24. The molecular weight excluding hydrogens is 316 g/mol. The minimum absolute atomic E-state index is 0.0489. The molecule has 1 aromatic carbocycles. The highest BCUT2D eigenvalue weighted by Crippen LogP contribution is 2.17. The Morgan fingerprint density at radius 2 is 2.08 bits per heavy atom. The molecule has 2 aromatic rings. The van der Waals surface area contributed by atoms with Gasteiger partial charge in [-0.3, -0.25) is 4.79 Å². The molecule has 128 valence electrons. The van der Waals surface area contributed by atoms with Crippen LogP contribution in [0.1, 0.15) is 18.4 Å². The molecule has 1 fully saturated rings. The molecule has 2 heterocycles. The van der Waals surface area contributed by atoms with Crippen LogP contribution in [0.4, 0.5) is 8.78 Å². The van der Waals surface area contributed by atoms with Gasteiger partial charge in [-0.1, -0.05) is 6.07 Å². The Balaban J connectivity index is 1.46. The zero-order valence-electron chi connectivity index (χ0n) is 13.2. The number of carbonyl (C=O) groups excluding carboxylic acids is 1. The van der Waals surface area contributed by atoms with Gasteiger partial charge in [0.2, 0.25) is 5.91 Å². The first-order valence-corrected chi connectivity index (χ1v) is 7.91. The van der Waals surface area contributed by atoms with E-state index in [9.17, 15) is 13.6 Å². The van der Waals surface area contributed by atoms with Gasteiger partial charge < -0.3 is 14.2 Å². The second kappa shape index (κ2) is 7.53. The number of aromatic nitrogens is 2. The Morgan fingerprint density at radius 3 is 2.75 bits per heavy atom. The topological polar surface area (TPSA) is 47.4 Å². The van der Waals surface area contributed by atoms with Crippen LogP contribution in [-0.2, 0) is 22.7 Å². The molecule has 1 aromatic heterocycles. The maximum Gasteiger partial charge on any atom is 0.227 e. The molecule has 0 spiro atoms. The van der Waals surface area contributed by atoms with Crippen molar-refractivity contribution < 1.29 is 18.3 Å². The van der Waals surface area contributed by atoms with Gasteiger partial charge in [-0.05, 0) is 24.5 Å². The Hall–Kier alpha value is -2.28. The first-order chi connectivity index (χ1) is 11.6. The first kappa shape index (κ1) is 16.6. The van der Waals surface area contributed by atoms with E-state index in [-0.39, 0.29) is 24.0 Å². The minimum atomic E-state index is -0.679. The number of carbonyl (C=O) groups is 1. The lowest BCUT2D eigenvalue weighted by Crippen LogP contribution is -2.41. The summed E-state index contributed by atoms with van der Waals surface area (Å²) in [6.45, 7) is 1.60. The summed E-state index contributed by atoms with van der Waals surface area (Å²) in [6.07, 6.45) is 6.75. The summed E-state index contributed by atoms with van der Waals surface area (Å²) in [5, 5.41) is 0. The number of ether oxygens (including phenoxy) is 1. The quantitative estimate of drug-likeness (QED) is 0.843. The van der Waals surface area contributed by atoms with Crippen LogP contribution < -0.4 is 0 Å². The molecule has 1 aliphatic rings. The number of halogens is 2. The van der Waals surface area contributed by atoms with Crippen molar-refractivity contribution >= 4 is 5.91 Å². The average molecular weight is 335 g/mol. The molecule has 5 nitrogen and oxygen atoms in total. The van der Waals surface area contributed by atoms with Crippen molar-refractivity contribution in [3.63, 3.8) is 0 Å². The number of benzene rings is 1. The van der Waals surface area contributed by atoms with E-state index in [1.165, 1.54) is 12.1 Å². The number of hydrogen-bond donors (Lipinski definition) is 0. The van der Waals surface area contributed by atoms with Crippen molar-refractivity contribution in [3.05, 3.63) is 54.1 Å². The van der Waals surface area contributed by atoms with Gasteiger partial charge in [0.1, 0.15) is 18.4 Å². The summed E-state index contributed by atoms with van der Waals surface area (Å²) in [5.74, 6) is -1.46. The molecule has 0 saturated carbocycles. The van der Waals surface area contributed by atoms with Gasteiger partial charge in [-0.15, -0.1) is 0 Å². The molecule has 0 unspecified atom stereocenters. The van der Waals surface area contributed by atoms with Crippen molar-refractivity contribution in [1.82, 2.24) is 14.5 Å². The van der Waals surface area contributed by atoms with Gasteiger partial charge in [0.25, 0.3) is 0 Å². The van der Waals surface area contributed by atoms with Crippen molar-refractivity contribution in [2.45, 2.75) is 32.1 Å². The second-order valence-corrected chi connectivity index (χ2v) is 5.87. The van der Waals surface area contributed by atoms with Gasteiger partial charge in [0, 0.05) is 31.5 Å². The molecule has 1 saturated heterocycles. The molecule has 0 atom stereocenters. The Morgan fingerprint density at radius 1 is 1.29 bits per heavy atom. The first-order valence-electron chi connectivity index (χ1n) is 7.91. The number of amides is 1. The summed E-state index contributed by atoms with van der Waals surface area (Å²) < 4.78 is 34.2. The lowest BCUT2D eigenvalue weighted by Gasteiger charge is -2.32. The van der Waals surface area contributed by atoms with Crippen molar-refractivity contribution in [1.29, 1.82) is 0 Å². The van der Waals surface area contributed by atoms with E-state index in [2.05, 4.69) is 4.98 Å². The van der Waals surface area contributed by atoms with Crippen molar-refractivity contribution in [3.8, 4) is 0 Å². The van der Waals surface area contributed by atoms with Gasteiger partial charge in [-0.25, -0.2) is 13.8 Å². The Kier molecular flexibility index (Phi) is 5.20. The van der Waals surface area contributed by atoms with Gasteiger partial charge in [-0.2, -0.15) is 0 Å². The highest BCUT2D eigenvalue weighted by atomic mass is 19.1. The van der Waals surface area contributed by atoms with Crippen molar-refractivity contribution in [2.24, 2.45) is 0 Å². The fourth-order valence-corrected chi connectivity index (χ4v) is 2.77. The van der Waals surface area contributed by atoms with Crippen LogP contribution in [0.2, 0.25) is 0 Å². The number of rotatable bonds is 5. The monoisotopic (exact) mass is 335 g/mol. The summed E-state index contributed by atoms with van der Waals surface area (Å²) in [4.78, 5) is 17.9. The number of nitrogens with zero attached hydrogens (tertiary/aromatic N) is 3. The maximum atomic E-state index is 13.6. The summed E-state index contributed by atoms with van der Waals surface area (Å²) >= 11 is 0. The van der Waals surface area contributed by atoms with Gasteiger partial charge in [0.05, 0.1) is 18.9 Å². The van der Waals surface area contributed by atoms with E-state index < -0.39 is 11.6 Å². The molecule has 0 bridgehead atoms. The molecule has 0 N–H and O–H groups in total. The van der Waals surface area contributed by atoms with Crippen molar-refractivity contribution in [2.75, 3.05) is 13.1 Å². The fourth-order valence-electron chi connectivity index (χ4n) is 2.77. The third-order valence-electron chi connectivity index (χ3n) is 4.17. The van der Waals surface area contributed by atoms with Crippen LogP contribution in [0, 0.1) is 11.6 Å². The largest absolute Gasteiger partial charge is 0.357 e. The molecular formula is C17H19F2N3O2. The average Bonchev–Trinajstić information content (AvgIpc) is 3.09. The zero-order valence-corrected chi connectivity index (χ0v) is 13.2. The van der Waals surface area contributed by atoms with Crippen LogP contribution in [0.3, 0.4) is 0 Å². The van der Waals surface area contributed by atoms with Crippen LogP contribution in [0.25, 0.3) is 0 Å². The second-order valence-electron chi connectivity index (χ2n) is 5.87. The zero-order chi connectivity index (χ0) is 16.9. The van der Waals surface area contributed by atoms with E-state index in [0.717, 1.165) is 18.9 Å². The normalized spacial score (nSPS) is 15.7. The van der Waals surface area contributed by atoms with Gasteiger partial charge in [0.15, 0.2) is 0 Å². The number of likely N-dealkylation sites (tertiary alicyclic amines) is 1. The number of imidazole rings is 1. The molecule has 3 rings (SSSR count). The third kappa shape index (κ3) is 4.17. The van der Waals surface area contributed by atoms with Crippen LogP contribution in [0.5, 0.6) is 0 Å². The molecule has 1 aliphatic heterocycles. The van der Waals surface area contributed by atoms with Crippen LogP contribution in [0.15, 0.2) is 36.9 Å². The number of hydrogen-bond acceptors (Lipinski definition) is 3.